The third-order valence-electron chi connectivity index (χ3n) is 5.92. The molecule has 4 fully saturated rings. The normalized spacial score (nSPS) is 66.6. The van der Waals surface area contributed by atoms with E-state index in [-0.39, 0.29) is 24.0 Å². The Bertz CT molecular complexity index is 516. The lowest BCUT2D eigenvalue weighted by Crippen LogP contribution is -2.46. The molecule has 0 N–H and O–H groups in total. The Kier molecular flexibility index (Phi) is 2.18. The van der Waals surface area contributed by atoms with Crippen molar-refractivity contribution in [3.8, 4) is 0 Å². The Hall–Kier alpha value is 1.44. The van der Waals surface area contributed by atoms with Crippen LogP contribution in [0.3, 0.4) is 0 Å². The maximum Gasteiger partial charge on any atom is 0.166 e. The van der Waals surface area contributed by atoms with Crippen LogP contribution in [0.25, 0.3) is 0 Å². The van der Waals surface area contributed by atoms with Crippen molar-refractivity contribution in [2.24, 2.45) is 23.7 Å². The number of epoxide rings is 1. The molecular formula is C12H8Cl6O. The molecule has 1 aliphatic heterocycles. The average Bonchev–Trinajstić information content (AvgIpc) is 2.91. The minimum Gasteiger partial charge on any atom is -0.369 e. The highest BCUT2D eigenvalue weighted by atomic mass is 35.5. The van der Waals surface area contributed by atoms with Crippen molar-refractivity contribution in [2.75, 3.05) is 0 Å². The summed E-state index contributed by atoms with van der Waals surface area (Å²) in [5.41, 5.74) is 0. The summed E-state index contributed by atoms with van der Waals surface area (Å²) < 4.78 is 4.35. The summed E-state index contributed by atoms with van der Waals surface area (Å²) in [7, 11) is 0. The number of hydrogen-bond acceptors (Lipinski definition) is 1. The molecule has 4 aliphatic carbocycles. The molecule has 3 saturated carbocycles. The highest BCUT2D eigenvalue weighted by Crippen LogP contribution is 2.84. The van der Waals surface area contributed by atoms with Gasteiger partial charge >= 0.3 is 0 Å². The molecule has 1 nitrogen and oxygen atoms in total. The summed E-state index contributed by atoms with van der Waals surface area (Å²) in [6.07, 6.45) is 1.63. The molecule has 0 spiro atoms. The molecule has 0 amide bonds. The van der Waals surface area contributed by atoms with Crippen LogP contribution in [0.4, 0.5) is 0 Å². The van der Waals surface area contributed by atoms with E-state index >= 15 is 0 Å². The van der Waals surface area contributed by atoms with Gasteiger partial charge in [-0.1, -0.05) is 46.4 Å². The van der Waals surface area contributed by atoms with Crippen LogP contribution in [0.2, 0.25) is 0 Å². The van der Waals surface area contributed by atoms with Gasteiger partial charge in [0.05, 0.1) is 22.3 Å². The highest BCUT2D eigenvalue weighted by Gasteiger charge is 2.89. The molecule has 1 heterocycles. The topological polar surface area (TPSA) is 12.5 Å². The Balaban J connectivity index is 1.80. The van der Waals surface area contributed by atoms with Crippen molar-refractivity contribution >= 4 is 69.6 Å². The van der Waals surface area contributed by atoms with Crippen LogP contribution >= 0.6 is 69.6 Å². The van der Waals surface area contributed by atoms with Gasteiger partial charge in [0, 0.05) is 0 Å². The number of halogens is 6. The first-order chi connectivity index (χ1) is 8.78. The Morgan fingerprint density at radius 3 is 1.68 bits per heavy atom. The summed E-state index contributed by atoms with van der Waals surface area (Å²) in [6, 6.07) is 0. The predicted molar refractivity (Wildman–Crippen MR) is 77.6 cm³/mol. The average molecular weight is 381 g/mol. The second-order valence-corrected chi connectivity index (χ2v) is 9.58. The molecule has 0 radical (unpaired) electrons. The zero-order valence-electron chi connectivity index (χ0n) is 9.35. The van der Waals surface area contributed by atoms with Gasteiger partial charge in [-0.25, -0.2) is 0 Å². The van der Waals surface area contributed by atoms with Crippen molar-refractivity contribution in [1.29, 1.82) is 0 Å². The zero-order chi connectivity index (χ0) is 13.5. The smallest absolute Gasteiger partial charge is 0.166 e. The molecule has 5 rings (SSSR count). The van der Waals surface area contributed by atoms with Gasteiger partial charge in [-0.05, 0) is 30.1 Å². The van der Waals surface area contributed by atoms with Gasteiger partial charge < -0.3 is 4.74 Å². The van der Waals surface area contributed by atoms with E-state index in [4.69, 9.17) is 74.3 Å². The number of allylic oxidation sites excluding steroid dienone is 2. The lowest BCUT2D eigenvalue weighted by atomic mass is 9.73. The molecule has 5 aliphatic rings. The second-order valence-electron chi connectivity index (χ2n) is 6.31. The maximum atomic E-state index is 6.82. The third kappa shape index (κ3) is 0.986. The first kappa shape index (κ1) is 12.9. The molecule has 0 aromatic rings. The third-order valence-corrected chi connectivity index (χ3v) is 10.2. The molecule has 8 atom stereocenters. The molecule has 7 heteroatoms. The van der Waals surface area contributed by atoms with Gasteiger partial charge in [-0.15, -0.1) is 23.2 Å². The molecule has 4 bridgehead atoms. The number of hydrogen-bond donors (Lipinski definition) is 0. The van der Waals surface area contributed by atoms with E-state index in [1.54, 1.807) is 0 Å². The quantitative estimate of drug-likeness (QED) is 0.343. The van der Waals surface area contributed by atoms with Gasteiger partial charge in [0.25, 0.3) is 0 Å². The van der Waals surface area contributed by atoms with Gasteiger partial charge in [-0.3, -0.25) is 0 Å². The van der Waals surface area contributed by atoms with E-state index in [9.17, 15) is 0 Å². The molecular weight excluding hydrogens is 373 g/mol. The molecule has 0 aromatic heterocycles. The Morgan fingerprint density at radius 2 is 1.26 bits per heavy atom. The lowest BCUT2D eigenvalue weighted by Gasteiger charge is -2.38. The first-order valence-electron chi connectivity index (χ1n) is 6.25. The van der Waals surface area contributed by atoms with E-state index < -0.39 is 14.1 Å². The summed E-state index contributed by atoms with van der Waals surface area (Å²) in [5.74, 6) is 0.776. The van der Waals surface area contributed by atoms with Crippen LogP contribution in [0.5, 0.6) is 0 Å². The van der Waals surface area contributed by atoms with Crippen molar-refractivity contribution in [3.63, 3.8) is 0 Å². The minimum absolute atomic E-state index is 0.0467. The van der Waals surface area contributed by atoms with Crippen LogP contribution in [0, 0.1) is 23.7 Å². The fourth-order valence-electron chi connectivity index (χ4n) is 5.30. The largest absolute Gasteiger partial charge is 0.369 e. The van der Waals surface area contributed by atoms with Crippen LogP contribution < -0.4 is 0 Å². The Morgan fingerprint density at radius 1 is 0.842 bits per heavy atom. The van der Waals surface area contributed by atoms with Crippen molar-refractivity contribution in [3.05, 3.63) is 10.1 Å². The summed E-state index contributed by atoms with van der Waals surface area (Å²) in [4.78, 5) is -2.17. The van der Waals surface area contributed by atoms with E-state index in [1.165, 1.54) is 0 Å². The monoisotopic (exact) mass is 378 g/mol. The SMILES string of the molecule is ClC1=C(Cl)[C@]2(Cl)C3C([C@@H]4C[C@H]3C3OC34)[C@]1(Cl)C2(Cl)Cl. The summed E-state index contributed by atoms with van der Waals surface area (Å²) in [5, 5.41) is 0.642. The van der Waals surface area contributed by atoms with E-state index in [0.717, 1.165) is 6.42 Å². The molecule has 1 saturated heterocycles. The van der Waals surface area contributed by atoms with Crippen LogP contribution in [-0.4, -0.2) is 26.3 Å². The molecule has 0 aromatic carbocycles. The number of rotatable bonds is 0. The molecule has 19 heavy (non-hydrogen) atoms. The van der Waals surface area contributed by atoms with Crippen LogP contribution in [0.15, 0.2) is 10.1 Å². The fraction of sp³-hybridized carbons (Fsp3) is 0.833. The highest BCUT2D eigenvalue weighted by molar-refractivity contribution is 6.65. The number of ether oxygens (including phenoxy) is 1. The van der Waals surface area contributed by atoms with Crippen molar-refractivity contribution in [2.45, 2.75) is 32.7 Å². The minimum atomic E-state index is -1.37. The van der Waals surface area contributed by atoms with Gasteiger partial charge in [0.15, 0.2) is 4.33 Å². The molecule has 4 unspecified atom stereocenters. The zero-order valence-corrected chi connectivity index (χ0v) is 13.9. The summed E-state index contributed by atoms with van der Waals surface area (Å²) >= 11 is 39.5. The van der Waals surface area contributed by atoms with Crippen LogP contribution in [0.1, 0.15) is 6.42 Å². The predicted octanol–water partition coefficient (Wildman–Crippen LogP) is 4.48. The van der Waals surface area contributed by atoms with E-state index in [1.807, 2.05) is 0 Å². The molecule has 104 valence electrons. The fourth-order valence-corrected chi connectivity index (χ4v) is 8.43. The second kappa shape index (κ2) is 3.20. The van der Waals surface area contributed by atoms with Crippen LogP contribution in [-0.2, 0) is 4.74 Å². The Labute approximate surface area is 140 Å². The lowest BCUT2D eigenvalue weighted by molar-refractivity contribution is 0.237. The van der Waals surface area contributed by atoms with E-state index in [2.05, 4.69) is 0 Å². The van der Waals surface area contributed by atoms with Gasteiger partial charge in [0.2, 0.25) is 0 Å². The number of alkyl halides is 4. The van der Waals surface area contributed by atoms with E-state index in [0.29, 0.717) is 21.9 Å². The van der Waals surface area contributed by atoms with Crippen molar-refractivity contribution < 1.29 is 4.74 Å². The van der Waals surface area contributed by atoms with Gasteiger partial charge in [-0.2, -0.15) is 0 Å². The summed E-state index contributed by atoms with van der Waals surface area (Å²) in [6.45, 7) is 0. The van der Waals surface area contributed by atoms with Gasteiger partial charge in [0.1, 0.15) is 9.75 Å². The maximum absolute atomic E-state index is 6.82. The number of fused-ring (bicyclic) bond motifs is 12. The standard InChI is InChI=1S/C12H8Cl6O/c13-8-9(14)11(16)5-3-1-2(6-7(3)19-6)4(5)10(8,15)12(11,17)18/h2-7H,1H2/t2-,3+,4?,5?,6?,7?,10-,11-/m1/s1. The first-order valence-corrected chi connectivity index (χ1v) is 8.52. The van der Waals surface area contributed by atoms with Crippen molar-refractivity contribution in [1.82, 2.24) is 0 Å².